The smallest absolute Gasteiger partial charge is 0.207 e. The van der Waals surface area contributed by atoms with Crippen LogP contribution in [0.25, 0.3) is 5.57 Å². The van der Waals surface area contributed by atoms with E-state index in [4.69, 9.17) is 0 Å². The summed E-state index contributed by atoms with van der Waals surface area (Å²) in [5, 5.41) is 0. The van der Waals surface area contributed by atoms with Gasteiger partial charge in [-0.15, -0.1) is 0 Å². The second kappa shape index (κ2) is 5.04. The molecule has 18 heavy (non-hydrogen) atoms. The molecule has 0 aliphatic carbocycles. The average molecular weight is 252 g/mol. The lowest BCUT2D eigenvalue weighted by Crippen LogP contribution is -1.91. The lowest BCUT2D eigenvalue weighted by Gasteiger charge is -2.07. The second-order valence-electron chi connectivity index (χ2n) is 3.66. The number of benzene rings is 2. The molecule has 0 radical (unpaired) electrons. The van der Waals surface area contributed by atoms with Gasteiger partial charge in [0.25, 0.3) is 6.08 Å². The van der Waals surface area contributed by atoms with Crippen molar-refractivity contribution in [2.45, 2.75) is 0 Å². The molecule has 0 unspecified atom stereocenters. The van der Waals surface area contributed by atoms with E-state index in [1.807, 2.05) is 0 Å². The van der Waals surface area contributed by atoms with Crippen molar-refractivity contribution >= 4 is 5.57 Å². The first-order valence-corrected chi connectivity index (χ1v) is 5.15. The van der Waals surface area contributed by atoms with E-state index in [1.165, 1.54) is 24.3 Å². The highest BCUT2D eigenvalue weighted by Gasteiger charge is 2.13. The highest BCUT2D eigenvalue weighted by Crippen LogP contribution is 2.29. The molecule has 0 heterocycles. The maximum atomic E-state index is 13.0. The van der Waals surface area contributed by atoms with Gasteiger partial charge in [-0.25, -0.2) is 8.78 Å². The molecule has 0 fully saturated rings. The molecule has 92 valence electrons. The molecule has 0 aliphatic heterocycles. The summed E-state index contributed by atoms with van der Waals surface area (Å²) in [6.07, 6.45) is -1.98. The van der Waals surface area contributed by atoms with E-state index in [0.717, 1.165) is 24.3 Å². The number of halogens is 4. The van der Waals surface area contributed by atoms with Crippen LogP contribution in [0.5, 0.6) is 0 Å². The van der Waals surface area contributed by atoms with Crippen molar-refractivity contribution in [1.29, 1.82) is 0 Å². The van der Waals surface area contributed by atoms with Gasteiger partial charge in [0.2, 0.25) is 0 Å². The van der Waals surface area contributed by atoms with E-state index in [1.54, 1.807) is 0 Å². The fourth-order valence-corrected chi connectivity index (χ4v) is 1.67. The number of rotatable bonds is 2. The average Bonchev–Trinajstić information content (AvgIpc) is 2.28. The number of hydrogen-bond acceptors (Lipinski definition) is 0. The Morgan fingerprint density at radius 2 is 1.17 bits per heavy atom. The topological polar surface area (TPSA) is 0 Å². The quantitative estimate of drug-likeness (QED) is 0.684. The third kappa shape index (κ3) is 2.59. The van der Waals surface area contributed by atoms with Crippen LogP contribution in [0.4, 0.5) is 17.6 Å². The first kappa shape index (κ1) is 12.4. The summed E-state index contributed by atoms with van der Waals surface area (Å²) in [6.45, 7) is 0. The van der Waals surface area contributed by atoms with Gasteiger partial charge in [0.15, 0.2) is 0 Å². The van der Waals surface area contributed by atoms with Gasteiger partial charge in [-0.05, 0) is 35.4 Å². The first-order valence-electron chi connectivity index (χ1n) is 5.15. The first-order chi connectivity index (χ1) is 8.58. The van der Waals surface area contributed by atoms with Crippen LogP contribution in [-0.2, 0) is 0 Å². The largest absolute Gasteiger partial charge is 0.278 e. The molecule has 2 aromatic carbocycles. The second-order valence-corrected chi connectivity index (χ2v) is 3.66. The molecule has 0 N–H and O–H groups in total. The standard InChI is InChI=1S/C14H8F4/c15-11-5-1-3-9(7-11)13(14(17)18)10-4-2-6-12(16)8-10/h1-8H. The van der Waals surface area contributed by atoms with Crippen molar-refractivity contribution in [2.24, 2.45) is 0 Å². The third-order valence-electron chi connectivity index (χ3n) is 2.42. The molecule has 0 aromatic heterocycles. The Labute approximate surface area is 101 Å². The predicted molar refractivity (Wildman–Crippen MR) is 61.0 cm³/mol. The van der Waals surface area contributed by atoms with Crippen molar-refractivity contribution in [3.05, 3.63) is 77.4 Å². The van der Waals surface area contributed by atoms with Crippen molar-refractivity contribution in [1.82, 2.24) is 0 Å². The van der Waals surface area contributed by atoms with Gasteiger partial charge in [0.05, 0.1) is 5.57 Å². The molecule has 2 rings (SSSR count). The molecule has 0 spiro atoms. The van der Waals surface area contributed by atoms with Gasteiger partial charge in [0, 0.05) is 0 Å². The molecule has 0 bridgehead atoms. The van der Waals surface area contributed by atoms with Crippen LogP contribution in [0.2, 0.25) is 0 Å². The predicted octanol–water partition coefficient (Wildman–Crippen LogP) is 4.62. The summed E-state index contributed by atoms with van der Waals surface area (Å²) >= 11 is 0. The SMILES string of the molecule is FC(F)=C(c1cccc(F)c1)c1cccc(F)c1. The molecule has 0 aliphatic rings. The Kier molecular flexibility index (Phi) is 3.46. The molecular formula is C14H8F4. The Morgan fingerprint density at radius 3 is 1.50 bits per heavy atom. The summed E-state index contributed by atoms with van der Waals surface area (Å²) in [6, 6.07) is 9.63. The van der Waals surface area contributed by atoms with Crippen molar-refractivity contribution in [3.63, 3.8) is 0 Å². The third-order valence-corrected chi connectivity index (χ3v) is 2.42. The van der Waals surface area contributed by atoms with Crippen molar-refractivity contribution < 1.29 is 17.6 Å². The van der Waals surface area contributed by atoms with Crippen molar-refractivity contribution in [3.8, 4) is 0 Å². The highest BCUT2D eigenvalue weighted by molar-refractivity contribution is 5.80. The summed E-state index contributed by atoms with van der Waals surface area (Å²) in [5.74, 6) is -1.25. The highest BCUT2D eigenvalue weighted by atomic mass is 19.3. The van der Waals surface area contributed by atoms with Crippen LogP contribution in [0.1, 0.15) is 11.1 Å². The zero-order chi connectivity index (χ0) is 13.1. The molecule has 0 atom stereocenters. The van der Waals surface area contributed by atoms with Crippen LogP contribution in [0.3, 0.4) is 0 Å². The maximum Gasteiger partial charge on any atom is 0.278 e. The molecule has 4 heteroatoms. The minimum absolute atomic E-state index is 0.0144. The van der Waals surface area contributed by atoms with Gasteiger partial charge in [-0.1, -0.05) is 24.3 Å². The number of hydrogen-bond donors (Lipinski definition) is 0. The van der Waals surface area contributed by atoms with E-state index in [9.17, 15) is 17.6 Å². The van der Waals surface area contributed by atoms with Gasteiger partial charge >= 0.3 is 0 Å². The van der Waals surface area contributed by atoms with E-state index >= 15 is 0 Å². The fraction of sp³-hybridized carbons (Fsp3) is 0. The summed E-state index contributed by atoms with van der Waals surface area (Å²) in [7, 11) is 0. The van der Waals surface area contributed by atoms with E-state index in [0.29, 0.717) is 0 Å². The van der Waals surface area contributed by atoms with Crippen LogP contribution in [0, 0.1) is 11.6 Å². The van der Waals surface area contributed by atoms with E-state index < -0.39 is 23.3 Å². The van der Waals surface area contributed by atoms with Gasteiger partial charge in [0.1, 0.15) is 11.6 Å². The van der Waals surface area contributed by atoms with Crippen LogP contribution in [0.15, 0.2) is 54.6 Å². The summed E-state index contributed by atoms with van der Waals surface area (Å²) < 4.78 is 52.0. The van der Waals surface area contributed by atoms with E-state index in [-0.39, 0.29) is 11.1 Å². The summed E-state index contributed by atoms with van der Waals surface area (Å²) in [4.78, 5) is 0. The Hall–Kier alpha value is -2.10. The Bertz CT molecular complexity index is 551. The lowest BCUT2D eigenvalue weighted by atomic mass is 9.99. The van der Waals surface area contributed by atoms with Crippen LogP contribution in [-0.4, -0.2) is 0 Å². The lowest BCUT2D eigenvalue weighted by molar-refractivity contribution is 0.426. The maximum absolute atomic E-state index is 13.0. The Balaban J connectivity index is 2.59. The van der Waals surface area contributed by atoms with Crippen LogP contribution < -0.4 is 0 Å². The van der Waals surface area contributed by atoms with Crippen molar-refractivity contribution in [2.75, 3.05) is 0 Å². The van der Waals surface area contributed by atoms with E-state index in [2.05, 4.69) is 0 Å². The Morgan fingerprint density at radius 1 is 0.722 bits per heavy atom. The molecular weight excluding hydrogens is 244 g/mol. The van der Waals surface area contributed by atoms with Gasteiger partial charge in [-0.2, -0.15) is 8.78 Å². The van der Waals surface area contributed by atoms with Crippen LogP contribution >= 0.6 is 0 Å². The molecule has 2 aromatic rings. The van der Waals surface area contributed by atoms with Gasteiger partial charge < -0.3 is 0 Å². The summed E-state index contributed by atoms with van der Waals surface area (Å²) in [5.41, 5.74) is -0.435. The molecule has 0 nitrogen and oxygen atoms in total. The normalized spacial score (nSPS) is 10.2. The molecule has 0 saturated carbocycles. The molecule has 0 saturated heterocycles. The minimum Gasteiger partial charge on any atom is -0.207 e. The monoisotopic (exact) mass is 252 g/mol. The zero-order valence-corrected chi connectivity index (χ0v) is 9.13. The van der Waals surface area contributed by atoms with Gasteiger partial charge in [-0.3, -0.25) is 0 Å². The molecule has 0 amide bonds. The minimum atomic E-state index is -1.98. The fourth-order valence-electron chi connectivity index (χ4n) is 1.67. The zero-order valence-electron chi connectivity index (χ0n) is 9.13.